The third kappa shape index (κ3) is 2.17. The van der Waals surface area contributed by atoms with Gasteiger partial charge in [-0.2, -0.15) is 5.26 Å². The van der Waals surface area contributed by atoms with E-state index >= 15 is 0 Å². The molecular weight excluding hydrogens is 194 g/mol. The van der Waals surface area contributed by atoms with Crippen LogP contribution in [0.1, 0.15) is 38.5 Å². The molecule has 1 fully saturated rings. The topological polar surface area (TPSA) is 67.2 Å². The molecule has 0 amide bonds. The first-order valence-corrected chi connectivity index (χ1v) is 5.16. The minimum absolute atomic E-state index is 0.0210. The highest BCUT2D eigenvalue weighted by Gasteiger charge is 2.48. The van der Waals surface area contributed by atoms with Gasteiger partial charge in [0.1, 0.15) is 11.2 Å². The second-order valence-electron chi connectivity index (χ2n) is 3.86. The fourth-order valence-corrected chi connectivity index (χ4v) is 2.18. The van der Waals surface area contributed by atoms with Crippen molar-refractivity contribution in [3.05, 3.63) is 0 Å². The van der Waals surface area contributed by atoms with Gasteiger partial charge in [0.2, 0.25) is 0 Å². The summed E-state index contributed by atoms with van der Waals surface area (Å²) in [4.78, 5) is 23.3. The van der Waals surface area contributed by atoms with Gasteiger partial charge in [0.05, 0.1) is 13.2 Å². The van der Waals surface area contributed by atoms with Crippen molar-refractivity contribution in [1.29, 1.82) is 5.26 Å². The molecule has 0 aliphatic heterocycles. The Labute approximate surface area is 89.2 Å². The Hall–Kier alpha value is -1.37. The Morgan fingerprint density at radius 3 is 2.87 bits per heavy atom. The number of rotatable bonds is 4. The van der Waals surface area contributed by atoms with E-state index in [0.29, 0.717) is 32.1 Å². The summed E-state index contributed by atoms with van der Waals surface area (Å²) < 4.78 is 4.70. The van der Waals surface area contributed by atoms with Crippen molar-refractivity contribution in [1.82, 2.24) is 0 Å². The molecule has 1 atom stereocenters. The third-order valence-corrected chi connectivity index (χ3v) is 3.01. The minimum atomic E-state index is -0.939. The van der Waals surface area contributed by atoms with Gasteiger partial charge < -0.3 is 4.74 Å². The van der Waals surface area contributed by atoms with E-state index < -0.39 is 11.4 Å². The van der Waals surface area contributed by atoms with Crippen molar-refractivity contribution in [2.75, 3.05) is 7.11 Å². The van der Waals surface area contributed by atoms with Crippen LogP contribution >= 0.6 is 0 Å². The largest absolute Gasteiger partial charge is 0.468 e. The van der Waals surface area contributed by atoms with Crippen LogP contribution in [0.2, 0.25) is 0 Å². The molecule has 4 nitrogen and oxygen atoms in total. The first-order chi connectivity index (χ1) is 7.17. The number of esters is 1. The third-order valence-electron chi connectivity index (χ3n) is 3.01. The number of unbranched alkanes of at least 4 members (excludes halogenated alkanes) is 1. The average Bonchev–Trinajstić information content (AvgIpc) is 2.61. The highest BCUT2D eigenvalue weighted by Crippen LogP contribution is 2.40. The zero-order valence-electron chi connectivity index (χ0n) is 8.91. The fourth-order valence-electron chi connectivity index (χ4n) is 2.18. The molecule has 0 N–H and O–H groups in total. The Bertz CT molecular complexity index is 305. The van der Waals surface area contributed by atoms with Crippen molar-refractivity contribution in [2.45, 2.75) is 38.5 Å². The number of nitrogens with zero attached hydrogens (tertiary/aromatic N) is 1. The quantitative estimate of drug-likeness (QED) is 0.400. The molecule has 0 aromatic carbocycles. The number of ether oxygens (including phenoxy) is 1. The first-order valence-electron chi connectivity index (χ1n) is 5.16. The van der Waals surface area contributed by atoms with Gasteiger partial charge in [-0.05, 0) is 25.7 Å². The van der Waals surface area contributed by atoms with Crippen LogP contribution in [-0.2, 0) is 14.3 Å². The number of ketones is 1. The summed E-state index contributed by atoms with van der Waals surface area (Å²) in [5.74, 6) is -0.449. The highest BCUT2D eigenvalue weighted by atomic mass is 16.5. The summed E-state index contributed by atoms with van der Waals surface area (Å²) >= 11 is 0. The van der Waals surface area contributed by atoms with E-state index in [2.05, 4.69) is 0 Å². The molecule has 0 heterocycles. The molecule has 0 aromatic heterocycles. The molecule has 0 aromatic rings. The van der Waals surface area contributed by atoms with Crippen LogP contribution in [0.25, 0.3) is 0 Å². The minimum Gasteiger partial charge on any atom is -0.468 e. The zero-order chi connectivity index (χ0) is 11.3. The number of nitriles is 1. The Morgan fingerprint density at radius 1 is 1.67 bits per heavy atom. The van der Waals surface area contributed by atoms with Crippen molar-refractivity contribution in [3.8, 4) is 6.07 Å². The lowest BCUT2D eigenvalue weighted by Gasteiger charge is -2.23. The molecular formula is C11H15NO3. The number of Topliss-reactive ketones (excluding diaryl/α,β-unsaturated/α-hetero) is 1. The lowest BCUT2D eigenvalue weighted by Crippen LogP contribution is -2.36. The van der Waals surface area contributed by atoms with Gasteiger partial charge in [0.15, 0.2) is 0 Å². The molecule has 1 aliphatic carbocycles. The van der Waals surface area contributed by atoms with Gasteiger partial charge in [0, 0.05) is 12.8 Å². The van der Waals surface area contributed by atoms with E-state index in [1.807, 2.05) is 6.07 Å². The van der Waals surface area contributed by atoms with Crippen LogP contribution < -0.4 is 0 Å². The summed E-state index contributed by atoms with van der Waals surface area (Å²) in [6, 6.07) is 2.02. The van der Waals surface area contributed by atoms with E-state index in [0.717, 1.165) is 6.42 Å². The smallest absolute Gasteiger partial charge is 0.319 e. The van der Waals surface area contributed by atoms with Gasteiger partial charge in [-0.25, -0.2) is 0 Å². The maximum absolute atomic E-state index is 11.7. The molecule has 82 valence electrons. The lowest BCUT2D eigenvalue weighted by molar-refractivity contribution is -0.157. The molecule has 0 radical (unpaired) electrons. The fraction of sp³-hybridized carbons (Fsp3) is 0.727. The number of carbonyl (C=O) groups excluding carboxylic acids is 2. The molecule has 1 unspecified atom stereocenters. The van der Waals surface area contributed by atoms with Crippen LogP contribution in [0.5, 0.6) is 0 Å². The van der Waals surface area contributed by atoms with E-state index in [-0.39, 0.29) is 5.78 Å². The highest BCUT2D eigenvalue weighted by molar-refractivity contribution is 6.05. The normalized spacial score (nSPS) is 24.9. The van der Waals surface area contributed by atoms with Crippen LogP contribution in [0, 0.1) is 16.7 Å². The van der Waals surface area contributed by atoms with Crippen LogP contribution in [-0.4, -0.2) is 18.9 Å². The summed E-state index contributed by atoms with van der Waals surface area (Å²) in [6.45, 7) is 0. The van der Waals surface area contributed by atoms with Gasteiger partial charge in [-0.3, -0.25) is 9.59 Å². The monoisotopic (exact) mass is 209 g/mol. The zero-order valence-corrected chi connectivity index (χ0v) is 8.91. The number of hydrogen-bond acceptors (Lipinski definition) is 4. The molecule has 0 spiro atoms. The van der Waals surface area contributed by atoms with Crippen molar-refractivity contribution < 1.29 is 14.3 Å². The van der Waals surface area contributed by atoms with Crippen LogP contribution in [0.15, 0.2) is 0 Å². The molecule has 1 rings (SSSR count). The van der Waals surface area contributed by atoms with Crippen LogP contribution in [0.4, 0.5) is 0 Å². The van der Waals surface area contributed by atoms with Gasteiger partial charge in [0.25, 0.3) is 0 Å². The molecule has 4 heteroatoms. The standard InChI is InChI=1S/C11H15NO3/c1-15-10(14)11(6-2-3-8-12)7-4-5-9(11)13/h2-7H2,1H3. The van der Waals surface area contributed by atoms with Gasteiger partial charge >= 0.3 is 5.97 Å². The van der Waals surface area contributed by atoms with E-state index in [9.17, 15) is 9.59 Å². The molecule has 1 saturated carbocycles. The van der Waals surface area contributed by atoms with Gasteiger partial charge in [-0.1, -0.05) is 0 Å². The predicted molar refractivity (Wildman–Crippen MR) is 52.8 cm³/mol. The van der Waals surface area contributed by atoms with E-state index in [1.54, 1.807) is 0 Å². The van der Waals surface area contributed by atoms with Crippen LogP contribution in [0.3, 0.4) is 0 Å². The SMILES string of the molecule is COC(=O)C1(CCCC#N)CCCC1=O. The van der Waals surface area contributed by atoms with Crippen molar-refractivity contribution in [2.24, 2.45) is 5.41 Å². The molecule has 1 aliphatic rings. The van der Waals surface area contributed by atoms with Crippen molar-refractivity contribution in [3.63, 3.8) is 0 Å². The number of carbonyl (C=O) groups is 2. The Balaban J connectivity index is 2.73. The maximum Gasteiger partial charge on any atom is 0.319 e. The second kappa shape index (κ2) is 4.92. The summed E-state index contributed by atoms with van der Waals surface area (Å²) in [7, 11) is 1.31. The molecule has 15 heavy (non-hydrogen) atoms. The summed E-state index contributed by atoms with van der Waals surface area (Å²) in [5, 5.41) is 8.43. The predicted octanol–water partition coefficient (Wildman–Crippen LogP) is 1.59. The summed E-state index contributed by atoms with van der Waals surface area (Å²) in [6.07, 6.45) is 3.20. The average molecular weight is 209 g/mol. The second-order valence-corrected chi connectivity index (χ2v) is 3.86. The van der Waals surface area contributed by atoms with E-state index in [4.69, 9.17) is 10.00 Å². The molecule has 0 bridgehead atoms. The first kappa shape index (κ1) is 11.7. The summed E-state index contributed by atoms with van der Waals surface area (Å²) in [5.41, 5.74) is -0.939. The Kier molecular flexibility index (Phi) is 3.84. The maximum atomic E-state index is 11.7. The van der Waals surface area contributed by atoms with E-state index in [1.165, 1.54) is 7.11 Å². The number of hydrogen-bond donors (Lipinski definition) is 0. The Morgan fingerprint density at radius 2 is 2.40 bits per heavy atom. The number of methoxy groups -OCH3 is 1. The van der Waals surface area contributed by atoms with Gasteiger partial charge in [-0.15, -0.1) is 0 Å². The van der Waals surface area contributed by atoms with Crippen molar-refractivity contribution >= 4 is 11.8 Å². The molecule has 0 saturated heterocycles. The lowest BCUT2D eigenvalue weighted by atomic mass is 9.80.